The molecule has 1 atom stereocenters. The van der Waals surface area contributed by atoms with Gasteiger partial charge in [0.25, 0.3) is 5.91 Å². The molecule has 1 unspecified atom stereocenters. The van der Waals surface area contributed by atoms with Gasteiger partial charge in [0.2, 0.25) is 0 Å². The van der Waals surface area contributed by atoms with Crippen LogP contribution < -0.4 is 0 Å². The molecule has 1 saturated heterocycles. The van der Waals surface area contributed by atoms with Gasteiger partial charge in [0.05, 0.1) is 0 Å². The third-order valence-corrected chi connectivity index (χ3v) is 4.58. The van der Waals surface area contributed by atoms with E-state index < -0.39 is 0 Å². The van der Waals surface area contributed by atoms with Crippen molar-refractivity contribution < 1.29 is 9.59 Å². The number of carbonyl (C=O) groups excluding carboxylic acids is 2. The van der Waals surface area contributed by atoms with Gasteiger partial charge in [-0.2, -0.15) is 0 Å². The normalized spacial score (nSPS) is 17.6. The summed E-state index contributed by atoms with van der Waals surface area (Å²) in [5.74, 6) is -0.134. The number of amides is 1. The van der Waals surface area contributed by atoms with Crippen molar-refractivity contribution >= 4 is 17.3 Å². The Hall–Kier alpha value is -3.09. The Labute approximate surface area is 144 Å². The Morgan fingerprint density at radius 1 is 1.08 bits per heavy atom. The second kappa shape index (κ2) is 6.43. The molecule has 126 valence electrons. The highest BCUT2D eigenvalue weighted by Crippen LogP contribution is 2.22. The molecule has 0 bridgehead atoms. The highest BCUT2D eigenvalue weighted by molar-refractivity contribution is 5.99. The number of carbonyl (C=O) groups is 2. The van der Waals surface area contributed by atoms with Crippen molar-refractivity contribution in [2.24, 2.45) is 5.92 Å². The summed E-state index contributed by atoms with van der Waals surface area (Å²) < 4.78 is 1.51. The summed E-state index contributed by atoms with van der Waals surface area (Å²) >= 11 is 0. The monoisotopic (exact) mass is 335 g/mol. The summed E-state index contributed by atoms with van der Waals surface area (Å²) in [7, 11) is 0. The number of ketones is 1. The van der Waals surface area contributed by atoms with E-state index in [0.29, 0.717) is 29.9 Å². The average molecular weight is 335 g/mol. The van der Waals surface area contributed by atoms with Crippen LogP contribution in [0.4, 0.5) is 0 Å². The number of hydrogen-bond acceptors (Lipinski definition) is 5. The number of hydrogen-bond donors (Lipinski definition) is 0. The summed E-state index contributed by atoms with van der Waals surface area (Å²) in [4.78, 5) is 27.2. The Bertz CT molecular complexity index is 921. The molecule has 0 saturated carbocycles. The molecule has 7 nitrogen and oxygen atoms in total. The Morgan fingerprint density at radius 2 is 1.92 bits per heavy atom. The molecule has 1 aliphatic heterocycles. The molecule has 2 aromatic heterocycles. The number of benzene rings is 1. The van der Waals surface area contributed by atoms with Gasteiger partial charge in [0.1, 0.15) is 0 Å². The first-order valence-corrected chi connectivity index (χ1v) is 8.28. The van der Waals surface area contributed by atoms with Crippen molar-refractivity contribution in [3.63, 3.8) is 0 Å². The van der Waals surface area contributed by atoms with Crippen LogP contribution in [0.25, 0.3) is 5.65 Å². The zero-order valence-electron chi connectivity index (χ0n) is 13.6. The third kappa shape index (κ3) is 3.00. The number of pyridine rings is 1. The van der Waals surface area contributed by atoms with Gasteiger partial charge in [-0.15, -0.1) is 5.10 Å². The molecule has 0 radical (unpaired) electrons. The van der Waals surface area contributed by atoms with Gasteiger partial charge in [-0.3, -0.25) is 9.59 Å². The highest BCUT2D eigenvalue weighted by atomic mass is 16.2. The second-order valence-corrected chi connectivity index (χ2v) is 6.22. The van der Waals surface area contributed by atoms with Crippen molar-refractivity contribution in [3.05, 3.63) is 59.8 Å². The average Bonchev–Trinajstić information content (AvgIpc) is 3.15. The van der Waals surface area contributed by atoms with Crippen LogP contribution in [0.15, 0.2) is 48.7 Å². The highest BCUT2D eigenvalue weighted by Gasteiger charge is 2.29. The van der Waals surface area contributed by atoms with Crippen LogP contribution in [0, 0.1) is 5.92 Å². The molecule has 1 aliphatic rings. The lowest BCUT2D eigenvalue weighted by molar-refractivity contribution is 0.0637. The van der Waals surface area contributed by atoms with Gasteiger partial charge in [-0.05, 0) is 35.4 Å². The maximum absolute atomic E-state index is 12.8. The van der Waals surface area contributed by atoms with Gasteiger partial charge in [-0.1, -0.05) is 30.3 Å². The molecule has 1 amide bonds. The molecule has 1 aromatic carbocycles. The molecule has 0 aliphatic carbocycles. The lowest BCUT2D eigenvalue weighted by Crippen LogP contribution is -2.42. The van der Waals surface area contributed by atoms with Crippen LogP contribution in [0.5, 0.6) is 0 Å². The minimum Gasteiger partial charge on any atom is -0.338 e. The summed E-state index contributed by atoms with van der Waals surface area (Å²) in [6.07, 6.45) is 3.30. The van der Waals surface area contributed by atoms with E-state index in [2.05, 4.69) is 15.5 Å². The molecule has 1 fully saturated rings. The third-order valence-electron chi connectivity index (χ3n) is 4.58. The van der Waals surface area contributed by atoms with Crippen molar-refractivity contribution in [2.75, 3.05) is 13.1 Å². The van der Waals surface area contributed by atoms with Crippen molar-refractivity contribution in [1.82, 2.24) is 24.9 Å². The van der Waals surface area contributed by atoms with Gasteiger partial charge in [-0.25, -0.2) is 4.52 Å². The van der Waals surface area contributed by atoms with Crippen LogP contribution in [0.3, 0.4) is 0 Å². The number of piperidine rings is 1. The number of tetrazole rings is 1. The van der Waals surface area contributed by atoms with Gasteiger partial charge < -0.3 is 4.90 Å². The molecule has 0 N–H and O–H groups in total. The predicted molar refractivity (Wildman–Crippen MR) is 90.2 cm³/mol. The van der Waals surface area contributed by atoms with E-state index in [1.165, 1.54) is 4.52 Å². The summed E-state index contributed by atoms with van der Waals surface area (Å²) in [5.41, 5.74) is 1.77. The molecule has 25 heavy (non-hydrogen) atoms. The number of aromatic nitrogens is 4. The molecular weight excluding hydrogens is 318 g/mol. The fourth-order valence-corrected chi connectivity index (χ4v) is 3.27. The summed E-state index contributed by atoms with van der Waals surface area (Å²) in [5, 5.41) is 11.2. The van der Waals surface area contributed by atoms with Crippen molar-refractivity contribution in [1.29, 1.82) is 0 Å². The van der Waals surface area contributed by atoms with Gasteiger partial charge >= 0.3 is 0 Å². The zero-order chi connectivity index (χ0) is 17.2. The van der Waals surface area contributed by atoms with E-state index in [9.17, 15) is 9.59 Å². The lowest BCUT2D eigenvalue weighted by atomic mass is 9.90. The van der Waals surface area contributed by atoms with Crippen LogP contribution in [0.2, 0.25) is 0 Å². The van der Waals surface area contributed by atoms with E-state index >= 15 is 0 Å². The number of rotatable bonds is 3. The molecule has 0 spiro atoms. The number of likely N-dealkylation sites (tertiary alicyclic amines) is 1. The Kier molecular flexibility index (Phi) is 3.97. The number of Topliss-reactive ketones (excluding diaryl/α,β-unsaturated/α-hetero) is 1. The zero-order valence-corrected chi connectivity index (χ0v) is 13.6. The molecule has 7 heteroatoms. The maximum Gasteiger partial charge on any atom is 0.254 e. The minimum absolute atomic E-state index is 0.0870. The van der Waals surface area contributed by atoms with Crippen LogP contribution in [-0.2, 0) is 0 Å². The van der Waals surface area contributed by atoms with E-state index in [1.54, 1.807) is 23.2 Å². The first-order valence-electron chi connectivity index (χ1n) is 8.28. The smallest absolute Gasteiger partial charge is 0.254 e. The van der Waals surface area contributed by atoms with Crippen molar-refractivity contribution in [3.8, 4) is 0 Å². The maximum atomic E-state index is 12.8. The van der Waals surface area contributed by atoms with Crippen LogP contribution in [-0.4, -0.2) is 49.7 Å². The topological polar surface area (TPSA) is 80.5 Å². The molecule has 3 heterocycles. The number of nitrogens with zero attached hydrogens (tertiary/aromatic N) is 5. The SMILES string of the molecule is O=C(c1ccccc1)C1CCCN(C(=O)c2ccn3nnnc3c2)C1. The van der Waals surface area contributed by atoms with Crippen molar-refractivity contribution in [2.45, 2.75) is 12.8 Å². The van der Waals surface area contributed by atoms with Gasteiger partial charge in [0, 0.05) is 36.3 Å². The first-order chi connectivity index (χ1) is 12.2. The van der Waals surface area contributed by atoms with Gasteiger partial charge in [0.15, 0.2) is 11.4 Å². The van der Waals surface area contributed by atoms with E-state index in [-0.39, 0.29) is 17.6 Å². The van der Waals surface area contributed by atoms with E-state index in [1.807, 2.05) is 30.3 Å². The first kappa shape index (κ1) is 15.4. The van der Waals surface area contributed by atoms with E-state index in [4.69, 9.17) is 0 Å². The minimum atomic E-state index is -0.154. The number of fused-ring (bicyclic) bond motifs is 1. The predicted octanol–water partition coefficient (Wildman–Crippen LogP) is 1.86. The van der Waals surface area contributed by atoms with Crippen LogP contribution >= 0.6 is 0 Å². The van der Waals surface area contributed by atoms with E-state index in [0.717, 1.165) is 12.8 Å². The fraction of sp³-hybridized carbons (Fsp3) is 0.278. The summed E-state index contributed by atoms with van der Waals surface area (Å²) in [6, 6.07) is 12.6. The second-order valence-electron chi connectivity index (χ2n) is 6.22. The summed E-state index contributed by atoms with van der Waals surface area (Å²) in [6.45, 7) is 1.11. The standard InChI is InChI=1S/C18H17N5O2/c24-17(13-5-2-1-3-6-13)15-7-4-9-22(12-15)18(25)14-8-10-23-16(11-14)19-20-21-23/h1-3,5-6,8,10-11,15H,4,7,9,12H2. The Balaban J connectivity index is 1.52. The molecular formula is C18H17N5O2. The lowest BCUT2D eigenvalue weighted by Gasteiger charge is -2.32. The molecule has 3 aromatic rings. The largest absolute Gasteiger partial charge is 0.338 e. The Morgan fingerprint density at radius 3 is 2.76 bits per heavy atom. The molecule has 4 rings (SSSR count). The fourth-order valence-electron chi connectivity index (χ4n) is 3.27. The quantitative estimate of drug-likeness (QED) is 0.683. The van der Waals surface area contributed by atoms with Crippen LogP contribution in [0.1, 0.15) is 33.6 Å².